The van der Waals surface area contributed by atoms with Crippen LogP contribution in [0.15, 0.2) is 50.5 Å². The Morgan fingerprint density at radius 2 is 2.18 bits per heavy atom. The van der Waals surface area contributed by atoms with Crippen LogP contribution in [0, 0.1) is 0 Å². The Labute approximate surface area is 119 Å². The number of nitrogens with two attached hydrogens (primary N) is 1. The van der Waals surface area contributed by atoms with Crippen molar-refractivity contribution in [2.24, 2.45) is 5.73 Å². The highest BCUT2D eigenvalue weighted by Gasteiger charge is 2.18. The minimum absolute atomic E-state index is 0.133. The normalized spacial score (nSPS) is 14.5. The smallest absolute Gasteiger partial charge is 0.0501 e. The van der Waals surface area contributed by atoms with Gasteiger partial charge in [-0.2, -0.15) is 11.3 Å². The Kier molecular flexibility index (Phi) is 4.68. The van der Waals surface area contributed by atoms with Crippen molar-refractivity contribution in [3.05, 3.63) is 51.1 Å². The molecule has 0 aliphatic heterocycles. The largest absolute Gasteiger partial charge is 0.327 e. The highest BCUT2D eigenvalue weighted by molar-refractivity contribution is 9.10. The first-order valence-electron chi connectivity index (χ1n) is 5.36. The number of halogens is 1. The molecule has 0 bridgehead atoms. The van der Waals surface area contributed by atoms with Crippen LogP contribution in [0.2, 0.25) is 0 Å². The standard InChI is InChI=1S/C13H14BrNS2/c1-9(15)13(10-5-6-16-8-10)17-12-4-2-3-11(14)7-12/h2-9,13H,15H2,1H3. The summed E-state index contributed by atoms with van der Waals surface area (Å²) < 4.78 is 1.11. The molecule has 4 heteroatoms. The number of hydrogen-bond acceptors (Lipinski definition) is 3. The van der Waals surface area contributed by atoms with Gasteiger partial charge >= 0.3 is 0 Å². The lowest BCUT2D eigenvalue weighted by Crippen LogP contribution is -2.22. The summed E-state index contributed by atoms with van der Waals surface area (Å²) in [5, 5.41) is 4.60. The second-order valence-electron chi connectivity index (χ2n) is 3.91. The van der Waals surface area contributed by atoms with Crippen LogP contribution < -0.4 is 5.73 Å². The predicted octanol–water partition coefficient (Wildman–Crippen LogP) is 4.69. The zero-order valence-electron chi connectivity index (χ0n) is 9.47. The van der Waals surface area contributed by atoms with Crippen molar-refractivity contribution < 1.29 is 0 Å². The molecule has 2 aromatic rings. The lowest BCUT2D eigenvalue weighted by molar-refractivity contribution is 0.723. The predicted molar refractivity (Wildman–Crippen MR) is 80.7 cm³/mol. The van der Waals surface area contributed by atoms with Crippen molar-refractivity contribution in [2.45, 2.75) is 23.1 Å². The van der Waals surface area contributed by atoms with E-state index in [1.807, 2.05) is 17.8 Å². The highest BCUT2D eigenvalue weighted by Crippen LogP contribution is 2.38. The van der Waals surface area contributed by atoms with E-state index in [0.717, 1.165) is 4.47 Å². The van der Waals surface area contributed by atoms with Crippen molar-refractivity contribution in [3.8, 4) is 0 Å². The van der Waals surface area contributed by atoms with E-state index < -0.39 is 0 Å². The number of thiophene rings is 1. The third kappa shape index (κ3) is 3.58. The zero-order chi connectivity index (χ0) is 12.3. The Hall–Kier alpha value is -0.290. The van der Waals surface area contributed by atoms with E-state index >= 15 is 0 Å². The van der Waals surface area contributed by atoms with Gasteiger partial charge < -0.3 is 5.73 Å². The average molecular weight is 328 g/mol. The van der Waals surface area contributed by atoms with E-state index in [9.17, 15) is 0 Å². The summed E-state index contributed by atoms with van der Waals surface area (Å²) in [6, 6.07) is 10.6. The third-order valence-corrected chi connectivity index (χ3v) is 5.08. The second kappa shape index (κ2) is 6.05. The first kappa shape index (κ1) is 13.1. The molecule has 2 N–H and O–H groups in total. The number of hydrogen-bond donors (Lipinski definition) is 1. The molecular weight excluding hydrogens is 314 g/mol. The van der Waals surface area contributed by atoms with Crippen molar-refractivity contribution in [2.75, 3.05) is 0 Å². The molecule has 0 saturated carbocycles. The molecule has 0 aliphatic rings. The lowest BCUT2D eigenvalue weighted by atomic mass is 10.1. The average Bonchev–Trinajstić information content (AvgIpc) is 2.78. The molecule has 0 spiro atoms. The molecule has 1 heterocycles. The topological polar surface area (TPSA) is 26.0 Å². The minimum Gasteiger partial charge on any atom is -0.327 e. The maximum Gasteiger partial charge on any atom is 0.0501 e. The SMILES string of the molecule is CC(N)C(Sc1cccc(Br)c1)c1ccsc1. The number of rotatable bonds is 4. The van der Waals surface area contributed by atoms with Crippen molar-refractivity contribution >= 4 is 39.0 Å². The molecule has 0 radical (unpaired) electrons. The Morgan fingerprint density at radius 1 is 1.35 bits per heavy atom. The Balaban J connectivity index is 2.19. The summed E-state index contributed by atoms with van der Waals surface area (Å²) in [5.74, 6) is 0. The molecule has 17 heavy (non-hydrogen) atoms. The fourth-order valence-electron chi connectivity index (χ4n) is 1.60. The summed E-state index contributed by atoms with van der Waals surface area (Å²) in [5.41, 5.74) is 7.40. The fourth-order valence-corrected chi connectivity index (χ4v) is 4.08. The van der Waals surface area contributed by atoms with E-state index in [0.29, 0.717) is 5.25 Å². The molecule has 2 atom stereocenters. The third-order valence-electron chi connectivity index (χ3n) is 2.41. The minimum atomic E-state index is 0.133. The summed E-state index contributed by atoms with van der Waals surface area (Å²) in [6.07, 6.45) is 0. The van der Waals surface area contributed by atoms with E-state index in [2.05, 4.69) is 57.9 Å². The summed E-state index contributed by atoms with van der Waals surface area (Å²) >= 11 is 7.04. The lowest BCUT2D eigenvalue weighted by Gasteiger charge is -2.19. The van der Waals surface area contributed by atoms with Gasteiger partial charge in [0.05, 0.1) is 5.25 Å². The van der Waals surface area contributed by atoms with Gasteiger partial charge in [-0.1, -0.05) is 22.0 Å². The van der Waals surface area contributed by atoms with E-state index in [1.54, 1.807) is 11.3 Å². The maximum absolute atomic E-state index is 6.09. The monoisotopic (exact) mass is 327 g/mol. The Morgan fingerprint density at radius 3 is 2.76 bits per heavy atom. The van der Waals surface area contributed by atoms with Crippen LogP contribution in [-0.2, 0) is 0 Å². The second-order valence-corrected chi connectivity index (χ2v) is 6.82. The molecule has 0 fully saturated rings. The van der Waals surface area contributed by atoms with E-state index in [1.165, 1.54) is 10.5 Å². The van der Waals surface area contributed by atoms with Gasteiger partial charge in [0.1, 0.15) is 0 Å². The molecular formula is C13H14BrNS2. The number of benzene rings is 1. The Bertz CT molecular complexity index is 468. The van der Waals surface area contributed by atoms with Crippen LogP contribution in [0.25, 0.3) is 0 Å². The van der Waals surface area contributed by atoms with Crippen LogP contribution in [0.3, 0.4) is 0 Å². The summed E-state index contributed by atoms with van der Waals surface area (Å²) in [7, 11) is 0. The molecule has 1 nitrogen and oxygen atoms in total. The molecule has 2 rings (SSSR count). The van der Waals surface area contributed by atoms with Gasteiger partial charge in [-0.3, -0.25) is 0 Å². The van der Waals surface area contributed by atoms with Crippen LogP contribution in [-0.4, -0.2) is 6.04 Å². The van der Waals surface area contributed by atoms with Crippen molar-refractivity contribution in [1.82, 2.24) is 0 Å². The van der Waals surface area contributed by atoms with Gasteiger partial charge in [0.2, 0.25) is 0 Å². The molecule has 0 saturated heterocycles. The fraction of sp³-hybridized carbons (Fsp3) is 0.231. The van der Waals surface area contributed by atoms with Gasteiger partial charge in [-0.25, -0.2) is 0 Å². The first-order valence-corrected chi connectivity index (χ1v) is 7.98. The van der Waals surface area contributed by atoms with E-state index in [4.69, 9.17) is 5.73 Å². The van der Waals surface area contributed by atoms with Crippen LogP contribution >= 0.6 is 39.0 Å². The molecule has 0 aliphatic carbocycles. The van der Waals surface area contributed by atoms with Gasteiger partial charge in [0, 0.05) is 15.4 Å². The summed E-state index contributed by atoms with van der Waals surface area (Å²) in [4.78, 5) is 1.24. The van der Waals surface area contributed by atoms with Gasteiger partial charge in [-0.15, -0.1) is 11.8 Å². The van der Waals surface area contributed by atoms with Gasteiger partial charge in [0.15, 0.2) is 0 Å². The maximum atomic E-state index is 6.09. The van der Waals surface area contributed by atoms with Crippen molar-refractivity contribution in [1.29, 1.82) is 0 Å². The first-order chi connectivity index (χ1) is 8.16. The van der Waals surface area contributed by atoms with Crippen molar-refractivity contribution in [3.63, 3.8) is 0 Å². The molecule has 2 unspecified atom stereocenters. The molecule has 90 valence electrons. The summed E-state index contributed by atoms with van der Waals surface area (Å²) in [6.45, 7) is 2.06. The molecule has 1 aromatic heterocycles. The number of thioether (sulfide) groups is 1. The molecule has 1 aromatic carbocycles. The zero-order valence-corrected chi connectivity index (χ0v) is 12.7. The highest BCUT2D eigenvalue weighted by atomic mass is 79.9. The van der Waals surface area contributed by atoms with Gasteiger partial charge in [-0.05, 0) is 47.5 Å². The quantitative estimate of drug-likeness (QED) is 0.824. The van der Waals surface area contributed by atoms with Gasteiger partial charge in [0.25, 0.3) is 0 Å². The van der Waals surface area contributed by atoms with Crippen LogP contribution in [0.4, 0.5) is 0 Å². The van der Waals surface area contributed by atoms with E-state index in [-0.39, 0.29) is 6.04 Å². The van der Waals surface area contributed by atoms with Crippen LogP contribution in [0.1, 0.15) is 17.7 Å². The van der Waals surface area contributed by atoms with Crippen LogP contribution in [0.5, 0.6) is 0 Å². The molecule has 0 amide bonds.